The van der Waals surface area contributed by atoms with Crippen molar-refractivity contribution in [2.24, 2.45) is 0 Å². The van der Waals surface area contributed by atoms with Crippen molar-refractivity contribution in [1.82, 2.24) is 0 Å². The summed E-state index contributed by atoms with van der Waals surface area (Å²) in [5.74, 6) is 0. The second kappa shape index (κ2) is 7.15. The SMILES string of the molecule is Cc1ccc(S(=O)(=O)[O-])cc1.N#Cc1ccc([N+]#N)cc1. The molecule has 0 amide bonds. The molecule has 6 nitrogen and oxygen atoms in total. The zero-order chi connectivity index (χ0) is 15.9. The van der Waals surface area contributed by atoms with Crippen LogP contribution in [0.4, 0.5) is 5.69 Å². The summed E-state index contributed by atoms with van der Waals surface area (Å²) >= 11 is 0. The lowest BCUT2D eigenvalue weighted by molar-refractivity contribution is 0.463. The molecule has 21 heavy (non-hydrogen) atoms. The third-order valence-electron chi connectivity index (χ3n) is 2.42. The van der Waals surface area contributed by atoms with Crippen LogP contribution in [0, 0.1) is 23.6 Å². The average Bonchev–Trinajstić information content (AvgIpc) is 2.47. The Bertz CT molecular complexity index is 750. The van der Waals surface area contributed by atoms with E-state index in [0.717, 1.165) is 5.56 Å². The van der Waals surface area contributed by atoms with E-state index in [4.69, 9.17) is 10.7 Å². The summed E-state index contributed by atoms with van der Waals surface area (Å²) in [7, 11) is -4.27. The molecule has 106 valence electrons. The van der Waals surface area contributed by atoms with Gasteiger partial charge in [0.25, 0.3) is 0 Å². The highest BCUT2D eigenvalue weighted by molar-refractivity contribution is 7.85. The van der Waals surface area contributed by atoms with Crippen LogP contribution in [0.25, 0.3) is 4.98 Å². The van der Waals surface area contributed by atoms with Gasteiger partial charge >= 0.3 is 5.69 Å². The van der Waals surface area contributed by atoms with Crippen LogP contribution in [-0.4, -0.2) is 13.0 Å². The fraction of sp³-hybridized carbons (Fsp3) is 0.0714. The maximum Gasteiger partial charge on any atom is 0.385 e. The van der Waals surface area contributed by atoms with Crippen LogP contribution in [0.15, 0.2) is 53.4 Å². The molecule has 0 aliphatic rings. The van der Waals surface area contributed by atoms with Gasteiger partial charge in [-0.2, -0.15) is 5.26 Å². The van der Waals surface area contributed by atoms with Crippen LogP contribution in [0.1, 0.15) is 11.1 Å². The zero-order valence-electron chi connectivity index (χ0n) is 11.1. The minimum atomic E-state index is -4.27. The van der Waals surface area contributed by atoms with Crippen LogP contribution in [-0.2, 0) is 10.1 Å². The Morgan fingerprint density at radius 2 is 1.57 bits per heavy atom. The molecule has 0 unspecified atom stereocenters. The number of nitriles is 1. The molecule has 0 heterocycles. The topological polar surface area (TPSA) is 109 Å². The molecule has 0 saturated carbocycles. The van der Waals surface area contributed by atoms with Gasteiger partial charge in [0.2, 0.25) is 5.39 Å². The zero-order valence-corrected chi connectivity index (χ0v) is 11.9. The van der Waals surface area contributed by atoms with Gasteiger partial charge in [0.05, 0.1) is 16.5 Å². The maximum atomic E-state index is 10.4. The Labute approximate surface area is 122 Å². The number of rotatable bonds is 1. The molecule has 0 saturated heterocycles. The Morgan fingerprint density at radius 3 is 1.95 bits per heavy atom. The highest BCUT2D eigenvalue weighted by Crippen LogP contribution is 2.11. The number of hydrogen-bond acceptors (Lipinski definition) is 5. The first-order valence-corrected chi connectivity index (χ1v) is 7.15. The number of nitrogens with zero attached hydrogens (tertiary/aromatic N) is 3. The minimum Gasteiger partial charge on any atom is -0.744 e. The molecule has 0 aromatic heterocycles. The summed E-state index contributed by atoms with van der Waals surface area (Å²) in [4.78, 5) is 2.76. The molecule has 0 radical (unpaired) electrons. The first-order chi connectivity index (χ1) is 9.86. The summed E-state index contributed by atoms with van der Waals surface area (Å²) in [5, 5.41) is 16.6. The molecular weight excluding hydrogens is 290 g/mol. The molecule has 0 atom stereocenters. The van der Waals surface area contributed by atoms with Gasteiger partial charge in [-0.25, -0.2) is 8.42 Å². The molecule has 2 aromatic rings. The van der Waals surface area contributed by atoms with Gasteiger partial charge in [-0.1, -0.05) is 17.7 Å². The van der Waals surface area contributed by atoms with Crippen molar-refractivity contribution in [2.75, 3.05) is 0 Å². The second-order valence-electron chi connectivity index (χ2n) is 4.03. The third-order valence-corrected chi connectivity index (χ3v) is 3.27. The van der Waals surface area contributed by atoms with Crippen molar-refractivity contribution in [1.29, 1.82) is 10.7 Å². The van der Waals surface area contributed by atoms with E-state index < -0.39 is 10.1 Å². The molecule has 0 aliphatic heterocycles. The lowest BCUT2D eigenvalue weighted by atomic mass is 10.2. The Hall–Kier alpha value is -2.74. The molecule has 2 rings (SSSR count). The van der Waals surface area contributed by atoms with Crippen molar-refractivity contribution >= 4 is 15.8 Å². The van der Waals surface area contributed by atoms with Crippen LogP contribution in [0.5, 0.6) is 0 Å². The number of aryl methyl sites for hydroxylation is 1. The van der Waals surface area contributed by atoms with Gasteiger partial charge in [-0.05, 0) is 31.2 Å². The van der Waals surface area contributed by atoms with Crippen LogP contribution in [0.3, 0.4) is 0 Å². The van der Waals surface area contributed by atoms with E-state index in [1.807, 2.05) is 13.0 Å². The number of hydrogen-bond donors (Lipinski definition) is 0. The summed E-state index contributed by atoms with van der Waals surface area (Å²) < 4.78 is 31.2. The summed E-state index contributed by atoms with van der Waals surface area (Å²) in [6.45, 7) is 1.82. The normalized spacial score (nSPS) is 9.71. The fourth-order valence-corrected chi connectivity index (χ4v) is 1.78. The van der Waals surface area contributed by atoms with E-state index in [9.17, 15) is 13.0 Å². The highest BCUT2D eigenvalue weighted by Gasteiger charge is 2.00. The second-order valence-corrected chi connectivity index (χ2v) is 5.41. The van der Waals surface area contributed by atoms with Gasteiger partial charge in [0.1, 0.15) is 10.1 Å². The van der Waals surface area contributed by atoms with Gasteiger partial charge < -0.3 is 4.55 Å². The molecule has 0 spiro atoms. The average molecular weight is 301 g/mol. The van der Waals surface area contributed by atoms with E-state index in [1.165, 1.54) is 12.1 Å². The van der Waals surface area contributed by atoms with Gasteiger partial charge in [-0.15, -0.1) is 0 Å². The van der Waals surface area contributed by atoms with Gasteiger partial charge in [0.15, 0.2) is 4.98 Å². The number of diazo groups is 1. The molecule has 0 aliphatic carbocycles. The van der Waals surface area contributed by atoms with Crippen LogP contribution in [0.2, 0.25) is 0 Å². The number of benzene rings is 2. The molecule has 0 bridgehead atoms. The van der Waals surface area contributed by atoms with E-state index in [0.29, 0.717) is 11.3 Å². The monoisotopic (exact) mass is 301 g/mol. The smallest absolute Gasteiger partial charge is 0.385 e. The summed E-state index contributed by atoms with van der Waals surface area (Å²) in [5.41, 5.74) is 1.95. The maximum absolute atomic E-state index is 10.4. The lowest BCUT2D eigenvalue weighted by Gasteiger charge is -2.05. The lowest BCUT2D eigenvalue weighted by Crippen LogP contribution is -1.97. The molecular formula is C14H11N3O3S. The van der Waals surface area contributed by atoms with Crippen molar-refractivity contribution in [2.45, 2.75) is 11.8 Å². The Kier molecular flexibility index (Phi) is 5.56. The first-order valence-electron chi connectivity index (χ1n) is 5.74. The summed E-state index contributed by atoms with van der Waals surface area (Å²) in [6.07, 6.45) is 0. The Morgan fingerprint density at radius 1 is 1.05 bits per heavy atom. The molecule has 7 heteroatoms. The summed E-state index contributed by atoms with van der Waals surface area (Å²) in [6, 6.07) is 14.1. The third kappa shape index (κ3) is 5.41. The van der Waals surface area contributed by atoms with Gasteiger partial charge in [-0.3, -0.25) is 0 Å². The largest absolute Gasteiger partial charge is 0.744 e. The van der Waals surface area contributed by atoms with Crippen molar-refractivity contribution in [3.05, 3.63) is 64.6 Å². The Balaban J connectivity index is 0.000000211. The van der Waals surface area contributed by atoms with E-state index in [-0.39, 0.29) is 4.90 Å². The first kappa shape index (κ1) is 16.3. The van der Waals surface area contributed by atoms with Crippen LogP contribution >= 0.6 is 0 Å². The molecule has 0 fully saturated rings. The van der Waals surface area contributed by atoms with E-state index >= 15 is 0 Å². The van der Waals surface area contributed by atoms with Crippen LogP contribution < -0.4 is 0 Å². The molecule has 2 aromatic carbocycles. The van der Waals surface area contributed by atoms with E-state index in [2.05, 4.69) is 4.98 Å². The fourth-order valence-electron chi connectivity index (χ4n) is 1.31. The highest BCUT2D eigenvalue weighted by atomic mass is 32.2. The van der Waals surface area contributed by atoms with E-state index in [1.54, 1.807) is 36.4 Å². The standard InChI is InChI=1S/C7H4N3.C7H8O3S/c8-5-6-1-3-7(10-9)4-2-6;1-6-2-4-7(5-3-6)11(8,9)10/h1-4H;2-5H,1H3,(H,8,9,10)/q+1;/p-1. The van der Waals surface area contributed by atoms with Crippen molar-refractivity contribution in [3.63, 3.8) is 0 Å². The quantitative estimate of drug-likeness (QED) is 0.594. The molecule has 0 N–H and O–H groups in total. The predicted octanol–water partition coefficient (Wildman–Crippen LogP) is 2.94. The predicted molar refractivity (Wildman–Crippen MR) is 75.0 cm³/mol. The van der Waals surface area contributed by atoms with Gasteiger partial charge in [0, 0.05) is 12.1 Å². The minimum absolute atomic E-state index is 0.178. The van der Waals surface area contributed by atoms with Crippen molar-refractivity contribution < 1.29 is 13.0 Å². The van der Waals surface area contributed by atoms with Crippen molar-refractivity contribution in [3.8, 4) is 6.07 Å².